The third kappa shape index (κ3) is 3.83. The van der Waals surface area contributed by atoms with Crippen LogP contribution in [0.4, 0.5) is 0 Å². The fraction of sp³-hybridized carbons (Fsp3) is 0.533. The van der Waals surface area contributed by atoms with Gasteiger partial charge in [-0.1, -0.05) is 18.2 Å². The first-order valence-corrected chi connectivity index (χ1v) is 8.97. The molecule has 1 atom stereocenters. The van der Waals surface area contributed by atoms with Crippen LogP contribution in [0.5, 0.6) is 0 Å². The summed E-state index contributed by atoms with van der Waals surface area (Å²) >= 11 is 0. The van der Waals surface area contributed by atoms with Crippen LogP contribution in [0.2, 0.25) is 0 Å². The second kappa shape index (κ2) is 6.58. The molecule has 5 nitrogen and oxygen atoms in total. The molecule has 1 aliphatic heterocycles. The average Bonchev–Trinajstić information content (AvgIpc) is 2.84. The summed E-state index contributed by atoms with van der Waals surface area (Å²) in [6.45, 7) is 0.797. The van der Waals surface area contributed by atoms with E-state index in [0.29, 0.717) is 12.0 Å². The van der Waals surface area contributed by atoms with E-state index in [1.807, 2.05) is 31.3 Å². The van der Waals surface area contributed by atoms with E-state index in [0.717, 1.165) is 18.5 Å². The third-order valence-corrected chi connectivity index (χ3v) is 5.72. The Balaban J connectivity index is 2.16. The molecule has 0 aliphatic carbocycles. The summed E-state index contributed by atoms with van der Waals surface area (Å²) in [5, 5.41) is 3.07. The van der Waals surface area contributed by atoms with Crippen LogP contribution in [-0.4, -0.2) is 57.4 Å². The predicted octanol–water partition coefficient (Wildman–Crippen LogP) is 0.708. The molecule has 0 bridgehead atoms. The lowest BCUT2D eigenvalue weighted by Crippen LogP contribution is -2.38. The molecular weight excluding hydrogens is 288 g/mol. The number of nitrogens with zero attached hydrogens (tertiary/aromatic N) is 1. The van der Waals surface area contributed by atoms with Crippen molar-refractivity contribution >= 4 is 15.7 Å². The van der Waals surface area contributed by atoms with Crippen LogP contribution in [0.1, 0.15) is 22.3 Å². The molecule has 1 aromatic carbocycles. The van der Waals surface area contributed by atoms with E-state index in [4.69, 9.17) is 0 Å². The molecule has 1 amide bonds. The number of hydrogen-bond acceptors (Lipinski definition) is 4. The minimum absolute atomic E-state index is 0.0773. The van der Waals surface area contributed by atoms with Crippen LogP contribution in [0, 0.1) is 0 Å². The fourth-order valence-corrected chi connectivity index (χ4v) is 4.42. The molecule has 1 heterocycles. The van der Waals surface area contributed by atoms with Gasteiger partial charge in [-0.3, -0.25) is 4.79 Å². The van der Waals surface area contributed by atoms with Crippen molar-refractivity contribution in [2.45, 2.75) is 18.9 Å². The van der Waals surface area contributed by atoms with Crippen molar-refractivity contribution in [3.05, 3.63) is 35.4 Å². The number of rotatable bonds is 5. The van der Waals surface area contributed by atoms with Crippen molar-refractivity contribution < 1.29 is 13.2 Å². The van der Waals surface area contributed by atoms with Gasteiger partial charge in [0.2, 0.25) is 0 Å². The number of carbonyl (C=O) groups excluding carboxylic acids is 1. The zero-order valence-electron chi connectivity index (χ0n) is 12.5. The summed E-state index contributed by atoms with van der Waals surface area (Å²) in [4.78, 5) is 14.2. The minimum atomic E-state index is -2.98. The highest BCUT2D eigenvalue weighted by molar-refractivity contribution is 7.91. The zero-order chi connectivity index (χ0) is 15.5. The molecule has 21 heavy (non-hydrogen) atoms. The normalized spacial score (nSPS) is 20.4. The van der Waals surface area contributed by atoms with Gasteiger partial charge in [-0.05, 0) is 38.1 Å². The summed E-state index contributed by atoms with van der Waals surface area (Å²) < 4.78 is 23.1. The molecule has 1 aliphatic rings. The number of nitrogens with one attached hydrogen (secondary N) is 1. The van der Waals surface area contributed by atoms with Crippen LogP contribution in [0.3, 0.4) is 0 Å². The van der Waals surface area contributed by atoms with Crippen LogP contribution < -0.4 is 5.32 Å². The van der Waals surface area contributed by atoms with E-state index < -0.39 is 9.84 Å². The lowest BCUT2D eigenvalue weighted by Gasteiger charge is -2.24. The maximum atomic E-state index is 12.6. The Morgan fingerprint density at radius 2 is 2.10 bits per heavy atom. The van der Waals surface area contributed by atoms with Gasteiger partial charge in [0.1, 0.15) is 0 Å². The Kier molecular flexibility index (Phi) is 5.00. The van der Waals surface area contributed by atoms with E-state index >= 15 is 0 Å². The second-order valence-corrected chi connectivity index (χ2v) is 7.71. The van der Waals surface area contributed by atoms with Gasteiger partial charge in [0, 0.05) is 18.7 Å². The van der Waals surface area contributed by atoms with E-state index in [-0.39, 0.29) is 23.5 Å². The van der Waals surface area contributed by atoms with Gasteiger partial charge in [0.25, 0.3) is 5.91 Å². The Morgan fingerprint density at radius 3 is 2.71 bits per heavy atom. The molecule has 1 aromatic rings. The third-order valence-electron chi connectivity index (χ3n) is 3.97. The van der Waals surface area contributed by atoms with E-state index in [9.17, 15) is 13.2 Å². The topological polar surface area (TPSA) is 66.5 Å². The fourth-order valence-electron chi connectivity index (χ4n) is 2.64. The molecule has 116 valence electrons. The van der Waals surface area contributed by atoms with Crippen LogP contribution in [0.15, 0.2) is 24.3 Å². The molecule has 0 spiro atoms. The Hall–Kier alpha value is -1.40. The molecule has 6 heteroatoms. The lowest BCUT2D eigenvalue weighted by molar-refractivity contribution is 0.0746. The summed E-state index contributed by atoms with van der Waals surface area (Å²) in [6.07, 6.45) is 1.30. The van der Waals surface area contributed by atoms with Crippen molar-refractivity contribution in [1.29, 1.82) is 0 Å². The van der Waals surface area contributed by atoms with E-state index in [1.165, 1.54) is 0 Å². The molecule has 0 radical (unpaired) electrons. The first-order chi connectivity index (χ1) is 9.94. The number of sulfone groups is 1. The number of carbonyl (C=O) groups is 1. The lowest BCUT2D eigenvalue weighted by atomic mass is 10.0. The summed E-state index contributed by atoms with van der Waals surface area (Å²) in [6, 6.07) is 7.31. The summed E-state index contributed by atoms with van der Waals surface area (Å²) in [5.74, 6) is 0.161. The molecule has 0 saturated carbocycles. The monoisotopic (exact) mass is 310 g/mol. The second-order valence-electron chi connectivity index (χ2n) is 5.48. The molecule has 0 aromatic heterocycles. The highest BCUT2D eigenvalue weighted by Gasteiger charge is 2.33. The van der Waals surface area contributed by atoms with Gasteiger partial charge in [0.05, 0.1) is 11.5 Å². The summed E-state index contributed by atoms with van der Waals surface area (Å²) in [7, 11) is 0.588. The van der Waals surface area contributed by atoms with Crippen molar-refractivity contribution in [1.82, 2.24) is 10.2 Å². The average molecular weight is 310 g/mol. The number of likely N-dealkylation sites (N-methyl/N-ethyl adjacent to an activating group) is 1. The highest BCUT2D eigenvalue weighted by atomic mass is 32.2. The highest BCUT2D eigenvalue weighted by Crippen LogP contribution is 2.20. The Labute approximate surface area is 126 Å². The Bertz CT molecular complexity index is 613. The Morgan fingerprint density at radius 1 is 1.38 bits per heavy atom. The van der Waals surface area contributed by atoms with Crippen molar-refractivity contribution in [3.8, 4) is 0 Å². The van der Waals surface area contributed by atoms with Crippen LogP contribution in [0.25, 0.3) is 0 Å². The van der Waals surface area contributed by atoms with E-state index in [1.54, 1.807) is 11.9 Å². The number of hydrogen-bond donors (Lipinski definition) is 1. The summed E-state index contributed by atoms with van der Waals surface area (Å²) in [5.41, 5.74) is 1.66. The first-order valence-electron chi connectivity index (χ1n) is 7.14. The predicted molar refractivity (Wildman–Crippen MR) is 83.2 cm³/mol. The molecule has 1 unspecified atom stereocenters. The van der Waals surface area contributed by atoms with Gasteiger partial charge < -0.3 is 10.2 Å². The largest absolute Gasteiger partial charge is 0.338 e. The zero-order valence-corrected chi connectivity index (χ0v) is 13.3. The van der Waals surface area contributed by atoms with Crippen LogP contribution >= 0.6 is 0 Å². The molecule has 1 fully saturated rings. The number of amides is 1. The standard InChI is InChI=1S/C15H22N2O3S/c1-16-9-7-12-5-3-4-6-14(12)15(18)17(2)13-8-10-21(19,20)11-13/h3-6,13,16H,7-11H2,1-2H3. The van der Waals surface area contributed by atoms with Crippen molar-refractivity contribution in [3.63, 3.8) is 0 Å². The van der Waals surface area contributed by atoms with Crippen molar-refractivity contribution in [2.24, 2.45) is 0 Å². The molecular formula is C15H22N2O3S. The van der Waals surface area contributed by atoms with E-state index in [2.05, 4.69) is 5.32 Å². The van der Waals surface area contributed by atoms with Gasteiger partial charge >= 0.3 is 0 Å². The maximum absolute atomic E-state index is 12.6. The van der Waals surface area contributed by atoms with Gasteiger partial charge in [-0.15, -0.1) is 0 Å². The SMILES string of the molecule is CNCCc1ccccc1C(=O)N(C)C1CCS(=O)(=O)C1. The number of benzene rings is 1. The molecule has 2 rings (SSSR count). The molecule has 1 saturated heterocycles. The van der Waals surface area contributed by atoms with Gasteiger partial charge in [0.15, 0.2) is 9.84 Å². The molecule has 1 N–H and O–H groups in total. The van der Waals surface area contributed by atoms with Gasteiger partial charge in [-0.2, -0.15) is 0 Å². The first kappa shape index (κ1) is 16.0. The van der Waals surface area contributed by atoms with Crippen molar-refractivity contribution in [2.75, 3.05) is 32.1 Å². The quantitative estimate of drug-likeness (QED) is 0.870. The van der Waals surface area contributed by atoms with Crippen LogP contribution in [-0.2, 0) is 16.3 Å². The minimum Gasteiger partial charge on any atom is -0.338 e. The maximum Gasteiger partial charge on any atom is 0.254 e. The smallest absolute Gasteiger partial charge is 0.254 e. The van der Waals surface area contributed by atoms with Gasteiger partial charge in [-0.25, -0.2) is 8.42 Å².